The van der Waals surface area contributed by atoms with Crippen molar-refractivity contribution in [1.82, 2.24) is 14.9 Å². The molecule has 2 heterocycles. The van der Waals surface area contributed by atoms with Gasteiger partial charge in [0.25, 0.3) is 0 Å². The Bertz CT molecular complexity index is 1170. The van der Waals surface area contributed by atoms with Crippen molar-refractivity contribution >= 4 is 40.0 Å². The van der Waals surface area contributed by atoms with Gasteiger partial charge < -0.3 is 20.6 Å². The number of para-hydroxylation sites is 1. The van der Waals surface area contributed by atoms with Crippen LogP contribution in [-0.2, 0) is 22.4 Å². The Hall–Kier alpha value is -3.05. The van der Waals surface area contributed by atoms with Crippen LogP contribution >= 0.6 is 23.1 Å². The number of methoxy groups -OCH3 is 1. The molecule has 1 amide bonds. The van der Waals surface area contributed by atoms with Crippen LogP contribution in [0.15, 0.2) is 29.4 Å². The zero-order valence-corrected chi connectivity index (χ0v) is 20.1. The van der Waals surface area contributed by atoms with Gasteiger partial charge in [-0.2, -0.15) is 0 Å². The van der Waals surface area contributed by atoms with Gasteiger partial charge in [-0.25, -0.2) is 9.47 Å². The number of fused-ring (bicyclic) bond motifs is 1. The molecule has 0 bridgehead atoms. The first kappa shape index (κ1) is 23.1. The lowest BCUT2D eigenvalue weighted by molar-refractivity contribution is -0.113. The summed E-state index contributed by atoms with van der Waals surface area (Å²) in [4.78, 5) is 26.4. The van der Waals surface area contributed by atoms with Crippen molar-refractivity contribution in [3.63, 3.8) is 0 Å². The zero-order chi connectivity index (χ0) is 23.4. The number of rotatable bonds is 8. The largest absolute Gasteiger partial charge is 0.496 e. The Morgan fingerprint density at radius 1 is 1.24 bits per heavy atom. The molecule has 33 heavy (non-hydrogen) atoms. The number of ether oxygens (including phenoxy) is 2. The Morgan fingerprint density at radius 2 is 2.03 bits per heavy atom. The summed E-state index contributed by atoms with van der Waals surface area (Å²) in [5, 5.41) is 12.1. The topological polar surface area (TPSA) is 121 Å². The highest BCUT2D eigenvalue weighted by Crippen LogP contribution is 2.39. The van der Waals surface area contributed by atoms with E-state index in [2.05, 4.69) is 15.5 Å². The highest BCUT2D eigenvalue weighted by molar-refractivity contribution is 7.99. The van der Waals surface area contributed by atoms with E-state index >= 15 is 0 Å². The van der Waals surface area contributed by atoms with Gasteiger partial charge in [0, 0.05) is 4.88 Å². The fourth-order valence-corrected chi connectivity index (χ4v) is 5.70. The van der Waals surface area contributed by atoms with E-state index in [9.17, 15) is 9.59 Å². The summed E-state index contributed by atoms with van der Waals surface area (Å²) in [6, 6.07) is 7.36. The van der Waals surface area contributed by atoms with E-state index in [1.54, 1.807) is 14.0 Å². The standard InChI is InChI=1S/C22H25N5O4S2/c1-3-31-21(29)18-14-9-5-7-11-16(14)33-20(18)24-17(28)12-32-22-26-25-19(27(22)23)13-8-4-6-10-15(13)30-2/h4,6,8,10H,3,5,7,9,11-12,23H2,1-2H3,(H,24,28). The molecule has 1 aliphatic rings. The van der Waals surface area contributed by atoms with Crippen LogP contribution in [0.3, 0.4) is 0 Å². The number of carbonyl (C=O) groups is 2. The number of nitrogen functional groups attached to an aromatic ring is 1. The molecule has 0 fully saturated rings. The summed E-state index contributed by atoms with van der Waals surface area (Å²) >= 11 is 2.62. The molecule has 2 aromatic heterocycles. The maximum Gasteiger partial charge on any atom is 0.341 e. The minimum Gasteiger partial charge on any atom is -0.496 e. The molecule has 0 atom stereocenters. The van der Waals surface area contributed by atoms with Gasteiger partial charge in [0.1, 0.15) is 10.8 Å². The average Bonchev–Trinajstić information content (AvgIpc) is 3.37. The first-order valence-electron chi connectivity index (χ1n) is 10.6. The van der Waals surface area contributed by atoms with Crippen molar-refractivity contribution in [3.8, 4) is 17.1 Å². The number of hydrogen-bond donors (Lipinski definition) is 2. The van der Waals surface area contributed by atoms with E-state index in [0.717, 1.165) is 47.9 Å². The fraction of sp³-hybridized carbons (Fsp3) is 0.364. The molecule has 0 radical (unpaired) electrons. The molecule has 3 N–H and O–H groups in total. The van der Waals surface area contributed by atoms with Crippen LogP contribution in [0.5, 0.6) is 5.75 Å². The van der Waals surface area contributed by atoms with Gasteiger partial charge in [0.2, 0.25) is 11.1 Å². The lowest BCUT2D eigenvalue weighted by Crippen LogP contribution is -2.18. The van der Waals surface area contributed by atoms with E-state index in [-0.39, 0.29) is 24.2 Å². The molecular weight excluding hydrogens is 462 g/mol. The quantitative estimate of drug-likeness (QED) is 0.281. The number of aromatic nitrogens is 3. The first-order chi connectivity index (χ1) is 16.0. The molecule has 1 aliphatic carbocycles. The summed E-state index contributed by atoms with van der Waals surface area (Å²) in [6.07, 6.45) is 3.85. The maximum atomic E-state index is 12.7. The number of anilines is 1. The van der Waals surface area contributed by atoms with Crippen molar-refractivity contribution < 1.29 is 19.1 Å². The van der Waals surface area contributed by atoms with Crippen molar-refractivity contribution in [2.45, 2.75) is 37.8 Å². The molecule has 4 rings (SSSR count). The van der Waals surface area contributed by atoms with Crippen LogP contribution in [0.1, 0.15) is 40.6 Å². The highest BCUT2D eigenvalue weighted by Gasteiger charge is 2.27. The molecule has 0 aliphatic heterocycles. The zero-order valence-electron chi connectivity index (χ0n) is 18.4. The molecule has 9 nitrogen and oxygen atoms in total. The number of thioether (sulfide) groups is 1. The summed E-state index contributed by atoms with van der Waals surface area (Å²) in [6.45, 7) is 2.06. The molecule has 0 unspecified atom stereocenters. The number of esters is 1. The van der Waals surface area contributed by atoms with Gasteiger partial charge in [0.05, 0.1) is 30.6 Å². The van der Waals surface area contributed by atoms with E-state index in [0.29, 0.717) is 32.9 Å². The second-order valence-corrected chi connectivity index (χ2v) is 9.40. The lowest BCUT2D eigenvalue weighted by atomic mass is 9.95. The third-order valence-corrected chi connectivity index (χ3v) is 7.40. The SMILES string of the molecule is CCOC(=O)c1c(NC(=O)CSc2nnc(-c3ccccc3OC)n2N)sc2c1CCCC2. The summed E-state index contributed by atoms with van der Waals surface area (Å²) in [5.74, 6) is 6.66. The average molecular weight is 488 g/mol. The van der Waals surface area contributed by atoms with Crippen molar-refractivity contribution in [3.05, 3.63) is 40.3 Å². The van der Waals surface area contributed by atoms with Crippen LogP contribution in [0.2, 0.25) is 0 Å². The second-order valence-electron chi connectivity index (χ2n) is 7.35. The maximum absolute atomic E-state index is 12.7. The normalized spacial score (nSPS) is 12.8. The van der Waals surface area contributed by atoms with Crippen molar-refractivity contribution in [2.24, 2.45) is 0 Å². The monoisotopic (exact) mass is 487 g/mol. The minimum atomic E-state index is -0.386. The van der Waals surface area contributed by atoms with Crippen LogP contribution in [-0.4, -0.2) is 46.2 Å². The molecule has 1 aromatic carbocycles. The number of benzene rings is 1. The third-order valence-electron chi connectivity index (χ3n) is 5.25. The number of thiophene rings is 1. The van der Waals surface area contributed by atoms with Crippen LogP contribution in [0, 0.1) is 0 Å². The molecule has 0 saturated heterocycles. The number of nitrogens with two attached hydrogens (primary N) is 1. The van der Waals surface area contributed by atoms with E-state index < -0.39 is 0 Å². The smallest absolute Gasteiger partial charge is 0.341 e. The second kappa shape index (κ2) is 10.3. The van der Waals surface area contributed by atoms with E-state index in [1.807, 2.05) is 24.3 Å². The van der Waals surface area contributed by atoms with Crippen molar-refractivity contribution in [2.75, 3.05) is 30.6 Å². The Morgan fingerprint density at radius 3 is 2.82 bits per heavy atom. The Labute approximate surface area is 199 Å². The molecule has 174 valence electrons. The van der Waals surface area contributed by atoms with Crippen LogP contribution in [0.4, 0.5) is 5.00 Å². The number of nitrogens with one attached hydrogen (secondary N) is 1. The van der Waals surface area contributed by atoms with Gasteiger partial charge >= 0.3 is 5.97 Å². The van der Waals surface area contributed by atoms with E-state index in [1.165, 1.54) is 16.0 Å². The highest BCUT2D eigenvalue weighted by atomic mass is 32.2. The minimum absolute atomic E-state index is 0.0616. The molecule has 11 heteroatoms. The van der Waals surface area contributed by atoms with E-state index in [4.69, 9.17) is 15.3 Å². The fourth-order valence-electron chi connectivity index (χ4n) is 3.75. The number of nitrogens with zero attached hydrogens (tertiary/aromatic N) is 3. The van der Waals surface area contributed by atoms with Crippen LogP contribution < -0.4 is 15.9 Å². The van der Waals surface area contributed by atoms with Gasteiger partial charge in [-0.15, -0.1) is 21.5 Å². The molecular formula is C22H25N5O4S2. The third kappa shape index (κ3) is 4.83. The number of hydrogen-bond acceptors (Lipinski definition) is 9. The van der Waals surface area contributed by atoms with Gasteiger partial charge in [-0.3, -0.25) is 4.79 Å². The van der Waals surface area contributed by atoms with Gasteiger partial charge in [-0.05, 0) is 50.3 Å². The van der Waals surface area contributed by atoms with Gasteiger partial charge in [-0.1, -0.05) is 23.9 Å². The van der Waals surface area contributed by atoms with Crippen LogP contribution in [0.25, 0.3) is 11.4 Å². The van der Waals surface area contributed by atoms with Crippen molar-refractivity contribution in [1.29, 1.82) is 0 Å². The predicted octanol–water partition coefficient (Wildman–Crippen LogP) is 3.52. The number of carbonyl (C=O) groups excluding carboxylic acids is 2. The molecule has 0 spiro atoms. The summed E-state index contributed by atoms with van der Waals surface area (Å²) < 4.78 is 11.9. The lowest BCUT2D eigenvalue weighted by Gasteiger charge is -2.12. The van der Waals surface area contributed by atoms with Gasteiger partial charge in [0.15, 0.2) is 5.82 Å². The first-order valence-corrected chi connectivity index (χ1v) is 12.4. The summed E-state index contributed by atoms with van der Waals surface area (Å²) in [7, 11) is 1.57. The Balaban J connectivity index is 1.47. The predicted molar refractivity (Wildman–Crippen MR) is 128 cm³/mol. The Kier molecular flexibility index (Phi) is 7.19. The number of amides is 1. The molecule has 0 saturated carbocycles. The molecule has 3 aromatic rings. The number of aryl methyl sites for hydroxylation is 1. The summed E-state index contributed by atoms with van der Waals surface area (Å²) in [5.41, 5.74) is 2.21.